The molecule has 1 aliphatic carbocycles. The Bertz CT molecular complexity index is 1500. The minimum Gasteiger partial charge on any atom is -0.480 e. The number of benzene rings is 2. The van der Waals surface area contributed by atoms with Crippen LogP contribution in [0.1, 0.15) is 79.3 Å². The van der Waals surface area contributed by atoms with Crippen molar-refractivity contribution in [2.45, 2.75) is 77.4 Å². The summed E-state index contributed by atoms with van der Waals surface area (Å²) >= 11 is 0. The summed E-state index contributed by atoms with van der Waals surface area (Å²) in [6.45, 7) is 1.91. The van der Waals surface area contributed by atoms with Gasteiger partial charge in [-0.05, 0) is 60.1 Å². The zero-order chi connectivity index (χ0) is 34.2. The molecule has 1 aliphatic rings. The molecule has 2 amide bonds. The molecule has 0 bridgehead atoms. The van der Waals surface area contributed by atoms with Crippen molar-refractivity contribution in [3.8, 4) is 11.1 Å². The monoisotopic (exact) mass is 680 g/mol. The van der Waals surface area contributed by atoms with Crippen LogP contribution in [0.4, 0.5) is 0 Å². The highest BCUT2D eigenvalue weighted by Crippen LogP contribution is 2.29. The molecule has 3 rings (SSSR count). The lowest BCUT2D eigenvalue weighted by atomic mass is 9.86. The highest BCUT2D eigenvalue weighted by molar-refractivity contribution is 7.91. The van der Waals surface area contributed by atoms with Gasteiger partial charge in [-0.2, -0.15) is 0 Å². The number of amides is 2. The van der Waals surface area contributed by atoms with Gasteiger partial charge in [-0.25, -0.2) is 21.6 Å². The molecule has 0 heterocycles. The molecule has 0 spiro atoms. The first-order valence-corrected chi connectivity index (χ1v) is 19.5. The number of sulfone groups is 2. The molecule has 2 aromatic rings. The number of aryl methyl sites for hydroxylation is 1. The number of aliphatic hydroxyl groups excluding tert-OH is 1. The van der Waals surface area contributed by atoms with Gasteiger partial charge >= 0.3 is 5.97 Å². The van der Waals surface area contributed by atoms with E-state index in [2.05, 4.69) is 10.6 Å². The highest BCUT2D eigenvalue weighted by Gasteiger charge is 2.24. The molecule has 256 valence electrons. The van der Waals surface area contributed by atoms with E-state index < -0.39 is 37.6 Å². The molecule has 13 heteroatoms. The van der Waals surface area contributed by atoms with Gasteiger partial charge in [0.15, 0.2) is 9.84 Å². The maximum Gasteiger partial charge on any atom is 0.326 e. The summed E-state index contributed by atoms with van der Waals surface area (Å²) in [5.74, 6) is -1.11. The van der Waals surface area contributed by atoms with Crippen molar-refractivity contribution >= 4 is 38.0 Å². The first kappa shape index (κ1) is 38.9. The van der Waals surface area contributed by atoms with Crippen molar-refractivity contribution in [1.82, 2.24) is 10.6 Å². The van der Waals surface area contributed by atoms with Gasteiger partial charge in [0.05, 0.1) is 23.9 Å². The van der Waals surface area contributed by atoms with Crippen molar-refractivity contribution in [2.24, 2.45) is 5.92 Å². The Morgan fingerprint density at radius 2 is 1.65 bits per heavy atom. The fourth-order valence-corrected chi connectivity index (χ4v) is 7.36. The Hall–Kier alpha value is -3.29. The number of unbranched alkanes of at least 4 members (excludes halogenated alkanes) is 1. The molecule has 11 nitrogen and oxygen atoms in total. The predicted octanol–water partition coefficient (Wildman–Crippen LogP) is 3.67. The Kier molecular flexibility index (Phi) is 16.4. The summed E-state index contributed by atoms with van der Waals surface area (Å²) in [5, 5.41) is 23.6. The summed E-state index contributed by atoms with van der Waals surface area (Å²) in [5.41, 5.74) is 3.12. The number of aliphatic hydroxyl groups is 1. The van der Waals surface area contributed by atoms with Crippen LogP contribution in [0.5, 0.6) is 0 Å². The molecule has 2 aromatic carbocycles. The van der Waals surface area contributed by atoms with Crippen LogP contribution in [0.25, 0.3) is 11.1 Å². The first-order chi connectivity index (χ1) is 21.8. The zero-order valence-corrected chi connectivity index (χ0v) is 28.4. The van der Waals surface area contributed by atoms with E-state index in [9.17, 15) is 41.4 Å². The van der Waals surface area contributed by atoms with E-state index >= 15 is 0 Å². The topological polar surface area (TPSA) is 184 Å². The fourth-order valence-electron chi connectivity index (χ4n) is 5.42. The predicted molar refractivity (Wildman–Crippen MR) is 179 cm³/mol. The number of carboxylic acids is 1. The molecule has 0 saturated heterocycles. The van der Waals surface area contributed by atoms with Gasteiger partial charge in [-0.1, -0.05) is 75.3 Å². The van der Waals surface area contributed by atoms with Crippen molar-refractivity contribution in [1.29, 1.82) is 0 Å². The summed E-state index contributed by atoms with van der Waals surface area (Å²) < 4.78 is 45.9. The molecule has 46 heavy (non-hydrogen) atoms. The lowest BCUT2D eigenvalue weighted by Gasteiger charge is -2.21. The molecule has 0 aliphatic heterocycles. The fraction of sp³-hybridized carbons (Fsp3) is 0.545. The molecule has 1 saturated carbocycles. The van der Waals surface area contributed by atoms with Gasteiger partial charge < -0.3 is 20.8 Å². The standard InChI is InChI=1S/C20H23NO6S.C13H25NO3S/c1-13-5-3-4-6-15(13)17-11-14(12-22)7-8-16(17)19(23)21-18(20(24)25)9-10-28(2,26)27;15-12-14-9-11-18(16,17)10-5-4-8-13-6-2-1-3-7-13/h3-8,11,18,22H,9-10,12H2,1-2H3,(H,21,23)(H,24,25);12-13H,1-11H2,(H,14,15). The van der Waals surface area contributed by atoms with Gasteiger partial charge in [0, 0.05) is 18.4 Å². The third-order valence-electron chi connectivity index (χ3n) is 8.01. The SMILES string of the molecule is Cc1ccccc1-c1cc(CO)ccc1C(=O)NC(CCS(C)(=O)=O)C(=O)O.O=CNCCS(=O)(=O)CCCCC1CCCCC1. The Morgan fingerprint density at radius 3 is 2.26 bits per heavy atom. The largest absolute Gasteiger partial charge is 0.480 e. The molecule has 4 N–H and O–H groups in total. The number of carboxylic acid groups (broad SMARTS) is 1. The van der Waals surface area contributed by atoms with Gasteiger partial charge in [0.1, 0.15) is 15.9 Å². The number of carbonyl (C=O) groups is 3. The summed E-state index contributed by atoms with van der Waals surface area (Å²) in [6, 6.07) is 10.9. The number of carbonyl (C=O) groups excluding carboxylic acids is 2. The van der Waals surface area contributed by atoms with Crippen LogP contribution < -0.4 is 10.6 Å². The number of nitrogens with one attached hydrogen (secondary N) is 2. The summed E-state index contributed by atoms with van der Waals surface area (Å²) in [7, 11) is -6.34. The smallest absolute Gasteiger partial charge is 0.326 e. The lowest BCUT2D eigenvalue weighted by molar-refractivity contribution is -0.139. The van der Waals surface area contributed by atoms with Crippen LogP contribution in [0.15, 0.2) is 42.5 Å². The summed E-state index contributed by atoms with van der Waals surface area (Å²) in [6.07, 6.45) is 11.0. The number of rotatable bonds is 17. The number of aliphatic carboxylic acids is 1. The minimum absolute atomic E-state index is 0.0647. The van der Waals surface area contributed by atoms with Gasteiger partial charge in [-0.15, -0.1) is 0 Å². The van der Waals surface area contributed by atoms with Crippen LogP contribution in [0.3, 0.4) is 0 Å². The second-order valence-electron chi connectivity index (χ2n) is 11.9. The Morgan fingerprint density at radius 1 is 0.957 bits per heavy atom. The van der Waals surface area contributed by atoms with Crippen molar-refractivity contribution < 1.29 is 41.4 Å². The Labute approximate surface area is 273 Å². The maximum atomic E-state index is 12.8. The number of hydrogen-bond donors (Lipinski definition) is 4. The van der Waals surface area contributed by atoms with Gasteiger partial charge in [0.2, 0.25) is 6.41 Å². The van der Waals surface area contributed by atoms with E-state index in [0.29, 0.717) is 17.5 Å². The van der Waals surface area contributed by atoms with E-state index in [0.717, 1.165) is 36.1 Å². The molecule has 0 radical (unpaired) electrons. The van der Waals surface area contributed by atoms with Crippen molar-refractivity contribution in [3.05, 3.63) is 59.2 Å². The van der Waals surface area contributed by atoms with Crippen LogP contribution >= 0.6 is 0 Å². The first-order valence-electron chi connectivity index (χ1n) is 15.6. The quantitative estimate of drug-likeness (QED) is 0.143. The second kappa shape index (κ2) is 19.4. The molecule has 0 aromatic heterocycles. The van der Waals surface area contributed by atoms with Crippen LogP contribution in [0.2, 0.25) is 0 Å². The van der Waals surface area contributed by atoms with E-state index in [-0.39, 0.29) is 42.4 Å². The summed E-state index contributed by atoms with van der Waals surface area (Å²) in [4.78, 5) is 34.3. The van der Waals surface area contributed by atoms with Gasteiger partial charge in [-0.3, -0.25) is 9.59 Å². The van der Waals surface area contributed by atoms with Gasteiger partial charge in [0.25, 0.3) is 5.91 Å². The van der Waals surface area contributed by atoms with Crippen LogP contribution in [0, 0.1) is 12.8 Å². The van der Waals surface area contributed by atoms with Crippen molar-refractivity contribution in [2.75, 3.05) is 30.1 Å². The average Bonchev–Trinajstić information content (AvgIpc) is 3.01. The van der Waals surface area contributed by atoms with Crippen LogP contribution in [-0.4, -0.2) is 81.4 Å². The van der Waals surface area contributed by atoms with Crippen molar-refractivity contribution in [3.63, 3.8) is 0 Å². The van der Waals surface area contributed by atoms with E-state index in [1.165, 1.54) is 44.6 Å². The van der Waals surface area contributed by atoms with E-state index in [4.69, 9.17) is 0 Å². The molecule has 1 atom stereocenters. The van der Waals surface area contributed by atoms with E-state index in [1.807, 2.05) is 31.2 Å². The molecular weight excluding hydrogens is 633 g/mol. The van der Waals surface area contributed by atoms with Crippen LogP contribution in [-0.2, 0) is 35.9 Å². The zero-order valence-electron chi connectivity index (χ0n) is 26.7. The minimum atomic E-state index is -3.36. The lowest BCUT2D eigenvalue weighted by Crippen LogP contribution is -2.42. The Balaban J connectivity index is 0.000000353. The highest BCUT2D eigenvalue weighted by atomic mass is 32.2. The second-order valence-corrected chi connectivity index (χ2v) is 16.4. The average molecular weight is 681 g/mol. The van der Waals surface area contributed by atoms with E-state index in [1.54, 1.807) is 12.1 Å². The maximum absolute atomic E-state index is 12.8. The third kappa shape index (κ3) is 14.4. The third-order valence-corrected chi connectivity index (χ3v) is 10.7. The molecule has 1 unspecified atom stereocenters. The normalized spacial score (nSPS) is 14.4. The number of hydrogen-bond acceptors (Lipinski definition) is 8. The molecule has 1 fully saturated rings. The molecular formula is C33H48N2O9S2.